The van der Waals surface area contributed by atoms with E-state index in [1.54, 1.807) is 6.33 Å². The molecule has 3 heterocycles. The lowest BCUT2D eigenvalue weighted by molar-refractivity contribution is 0.249. The van der Waals surface area contributed by atoms with Crippen LogP contribution in [0, 0.1) is 0 Å². The van der Waals surface area contributed by atoms with Crippen molar-refractivity contribution in [2.75, 3.05) is 31.1 Å². The smallest absolute Gasteiger partial charge is 0.183 e. The molecule has 4 rings (SSSR count). The molecule has 0 atom stereocenters. The molecule has 1 saturated heterocycles. The van der Waals surface area contributed by atoms with E-state index in [1.807, 2.05) is 11.6 Å². The van der Waals surface area contributed by atoms with Crippen molar-refractivity contribution in [3.05, 3.63) is 42.2 Å². The Hall–Kier alpha value is -2.54. The van der Waals surface area contributed by atoms with Crippen molar-refractivity contribution >= 4 is 17.0 Å². The first kappa shape index (κ1) is 15.0. The van der Waals surface area contributed by atoms with Crippen LogP contribution in [-0.2, 0) is 13.1 Å². The molecule has 7 heteroatoms. The number of benzene rings is 1. The van der Waals surface area contributed by atoms with Crippen LogP contribution in [0.4, 0.5) is 5.82 Å². The molecule has 2 aromatic heterocycles. The first-order valence-electron chi connectivity index (χ1n) is 8.40. The Kier molecular flexibility index (Phi) is 4.08. The first-order chi connectivity index (χ1) is 11.8. The molecule has 1 aromatic carbocycles. The number of piperazine rings is 1. The standard InChI is InChI=1S/C17H21N7/c1-2-24-17-15(20-21-24)16(18-13-19-17)23-10-8-22(9-11-23)12-14-6-4-3-5-7-14/h3-7,13H,2,8-12H2,1H3. The molecule has 0 spiro atoms. The monoisotopic (exact) mass is 323 g/mol. The molecule has 1 aliphatic rings. The number of hydrogen-bond donors (Lipinski definition) is 0. The molecule has 7 nitrogen and oxygen atoms in total. The third-order valence-electron chi connectivity index (χ3n) is 4.50. The minimum Gasteiger partial charge on any atom is -0.352 e. The summed E-state index contributed by atoms with van der Waals surface area (Å²) in [7, 11) is 0. The van der Waals surface area contributed by atoms with Gasteiger partial charge in [-0.1, -0.05) is 35.5 Å². The van der Waals surface area contributed by atoms with Gasteiger partial charge >= 0.3 is 0 Å². The zero-order valence-corrected chi connectivity index (χ0v) is 13.8. The van der Waals surface area contributed by atoms with Gasteiger partial charge < -0.3 is 4.90 Å². The Morgan fingerprint density at radius 3 is 2.54 bits per heavy atom. The van der Waals surface area contributed by atoms with E-state index < -0.39 is 0 Å². The van der Waals surface area contributed by atoms with Gasteiger partial charge in [-0.05, 0) is 12.5 Å². The predicted octanol–water partition coefficient (Wildman–Crippen LogP) is 1.56. The van der Waals surface area contributed by atoms with Crippen LogP contribution in [0.5, 0.6) is 0 Å². The quantitative estimate of drug-likeness (QED) is 0.726. The van der Waals surface area contributed by atoms with Crippen LogP contribution in [0.15, 0.2) is 36.7 Å². The van der Waals surface area contributed by atoms with Crippen molar-refractivity contribution in [3.8, 4) is 0 Å². The van der Waals surface area contributed by atoms with Crippen LogP contribution in [0.1, 0.15) is 12.5 Å². The van der Waals surface area contributed by atoms with E-state index in [0.717, 1.165) is 56.3 Å². The maximum Gasteiger partial charge on any atom is 0.183 e. The molecule has 0 radical (unpaired) electrons. The summed E-state index contributed by atoms with van der Waals surface area (Å²) in [6.45, 7) is 7.72. The predicted molar refractivity (Wildman–Crippen MR) is 92.7 cm³/mol. The Balaban J connectivity index is 1.47. The maximum atomic E-state index is 4.47. The van der Waals surface area contributed by atoms with Gasteiger partial charge in [0, 0.05) is 39.3 Å². The van der Waals surface area contributed by atoms with Gasteiger partial charge in [-0.3, -0.25) is 4.90 Å². The largest absolute Gasteiger partial charge is 0.352 e. The molecule has 124 valence electrons. The highest BCUT2D eigenvalue weighted by molar-refractivity contribution is 5.82. The third-order valence-corrected chi connectivity index (χ3v) is 4.50. The Bertz CT molecular complexity index is 806. The van der Waals surface area contributed by atoms with Gasteiger partial charge in [0.05, 0.1) is 0 Å². The fourth-order valence-electron chi connectivity index (χ4n) is 3.18. The molecule has 0 aliphatic carbocycles. The molecular formula is C17H21N7. The zero-order chi connectivity index (χ0) is 16.4. The molecule has 0 amide bonds. The molecule has 0 unspecified atom stereocenters. The van der Waals surface area contributed by atoms with Gasteiger partial charge in [0.25, 0.3) is 0 Å². The second kappa shape index (κ2) is 6.52. The molecule has 0 saturated carbocycles. The van der Waals surface area contributed by atoms with E-state index in [0.29, 0.717) is 0 Å². The summed E-state index contributed by atoms with van der Waals surface area (Å²) in [4.78, 5) is 13.6. The number of aryl methyl sites for hydroxylation is 1. The molecule has 24 heavy (non-hydrogen) atoms. The molecule has 0 bridgehead atoms. The lowest BCUT2D eigenvalue weighted by Gasteiger charge is -2.35. The summed E-state index contributed by atoms with van der Waals surface area (Å²) in [5.74, 6) is 0.902. The van der Waals surface area contributed by atoms with Crippen molar-refractivity contribution in [2.24, 2.45) is 0 Å². The first-order valence-corrected chi connectivity index (χ1v) is 8.40. The SMILES string of the molecule is CCn1nnc2c(N3CCN(Cc4ccccc4)CC3)ncnc21. The fourth-order valence-corrected chi connectivity index (χ4v) is 3.18. The molecule has 1 fully saturated rings. The third kappa shape index (κ3) is 2.82. The Labute approximate surface area is 140 Å². The summed E-state index contributed by atoms with van der Waals surface area (Å²) in [5.41, 5.74) is 2.98. The van der Waals surface area contributed by atoms with Gasteiger partial charge in [-0.25, -0.2) is 14.6 Å². The van der Waals surface area contributed by atoms with E-state index in [4.69, 9.17) is 0 Å². The molecular weight excluding hydrogens is 302 g/mol. The summed E-state index contributed by atoms with van der Waals surface area (Å²) in [6.07, 6.45) is 1.61. The van der Waals surface area contributed by atoms with Crippen molar-refractivity contribution in [3.63, 3.8) is 0 Å². The second-order valence-corrected chi connectivity index (χ2v) is 6.02. The maximum absolute atomic E-state index is 4.47. The summed E-state index contributed by atoms with van der Waals surface area (Å²) < 4.78 is 1.81. The van der Waals surface area contributed by atoms with E-state index in [2.05, 4.69) is 60.4 Å². The molecule has 1 aliphatic heterocycles. The van der Waals surface area contributed by atoms with Crippen molar-refractivity contribution in [2.45, 2.75) is 20.0 Å². The van der Waals surface area contributed by atoms with Gasteiger partial charge in [0.15, 0.2) is 17.0 Å². The van der Waals surface area contributed by atoms with Crippen molar-refractivity contribution < 1.29 is 0 Å². The highest BCUT2D eigenvalue weighted by atomic mass is 15.4. The van der Waals surface area contributed by atoms with E-state index in [1.165, 1.54) is 5.56 Å². The highest BCUT2D eigenvalue weighted by Crippen LogP contribution is 2.22. The van der Waals surface area contributed by atoms with Gasteiger partial charge in [-0.2, -0.15) is 0 Å². The normalized spacial score (nSPS) is 16.0. The summed E-state index contributed by atoms with van der Waals surface area (Å²) in [5, 5.41) is 8.45. The number of hydrogen-bond acceptors (Lipinski definition) is 6. The number of anilines is 1. The zero-order valence-electron chi connectivity index (χ0n) is 13.8. The second-order valence-electron chi connectivity index (χ2n) is 6.02. The van der Waals surface area contributed by atoms with Gasteiger partial charge in [0.2, 0.25) is 0 Å². The van der Waals surface area contributed by atoms with Crippen molar-refractivity contribution in [1.82, 2.24) is 29.9 Å². The number of nitrogens with zero attached hydrogens (tertiary/aromatic N) is 7. The van der Waals surface area contributed by atoms with Crippen LogP contribution in [0.3, 0.4) is 0 Å². The minimum absolute atomic E-state index is 0.762. The van der Waals surface area contributed by atoms with Crippen LogP contribution < -0.4 is 4.90 Å². The highest BCUT2D eigenvalue weighted by Gasteiger charge is 2.22. The minimum atomic E-state index is 0.762. The Morgan fingerprint density at radius 1 is 1.00 bits per heavy atom. The molecule has 0 N–H and O–H groups in total. The van der Waals surface area contributed by atoms with Crippen LogP contribution in [0.25, 0.3) is 11.2 Å². The van der Waals surface area contributed by atoms with Gasteiger partial charge in [0.1, 0.15) is 6.33 Å². The molecule has 3 aromatic rings. The lowest BCUT2D eigenvalue weighted by Crippen LogP contribution is -2.46. The van der Waals surface area contributed by atoms with Crippen LogP contribution in [-0.4, -0.2) is 56.0 Å². The van der Waals surface area contributed by atoms with Crippen LogP contribution in [0.2, 0.25) is 0 Å². The topological polar surface area (TPSA) is 63.0 Å². The average molecular weight is 323 g/mol. The van der Waals surface area contributed by atoms with E-state index >= 15 is 0 Å². The average Bonchev–Trinajstić information content (AvgIpc) is 3.06. The van der Waals surface area contributed by atoms with Gasteiger partial charge in [-0.15, -0.1) is 5.10 Å². The number of rotatable bonds is 4. The Morgan fingerprint density at radius 2 is 1.79 bits per heavy atom. The summed E-state index contributed by atoms with van der Waals surface area (Å²) in [6, 6.07) is 10.6. The van der Waals surface area contributed by atoms with E-state index in [-0.39, 0.29) is 0 Å². The lowest BCUT2D eigenvalue weighted by atomic mass is 10.2. The van der Waals surface area contributed by atoms with Crippen LogP contribution >= 0.6 is 0 Å². The number of aromatic nitrogens is 5. The number of fused-ring (bicyclic) bond motifs is 1. The fraction of sp³-hybridized carbons (Fsp3) is 0.412. The summed E-state index contributed by atoms with van der Waals surface area (Å²) >= 11 is 0. The van der Waals surface area contributed by atoms with E-state index in [9.17, 15) is 0 Å². The van der Waals surface area contributed by atoms with Crippen molar-refractivity contribution in [1.29, 1.82) is 0 Å².